The van der Waals surface area contributed by atoms with Crippen molar-refractivity contribution in [3.63, 3.8) is 0 Å². The third kappa shape index (κ3) is 4.35. The minimum atomic E-state index is 0.652. The number of hydrogen-bond donors (Lipinski definition) is 0. The molecule has 0 unspecified atom stereocenters. The summed E-state index contributed by atoms with van der Waals surface area (Å²) in [4.78, 5) is 0. The minimum Gasteiger partial charge on any atom is -0.309 e. The van der Waals surface area contributed by atoms with Gasteiger partial charge in [0.1, 0.15) is 0 Å². The molecule has 3 aromatic heterocycles. The van der Waals surface area contributed by atoms with Gasteiger partial charge in [0, 0.05) is 49.4 Å². The van der Waals surface area contributed by atoms with Crippen molar-refractivity contribution in [2.45, 2.75) is 0 Å². The van der Waals surface area contributed by atoms with Crippen LogP contribution in [-0.2, 0) is 0 Å². The lowest BCUT2D eigenvalue weighted by molar-refractivity contribution is 1.16. The van der Waals surface area contributed by atoms with Crippen LogP contribution in [0, 0.1) is 11.3 Å². The number of rotatable bonds is 4. The van der Waals surface area contributed by atoms with Crippen molar-refractivity contribution in [1.29, 1.82) is 5.26 Å². The summed E-state index contributed by atoms with van der Waals surface area (Å²) in [6, 6.07) is 67.3. The maximum absolute atomic E-state index is 9.94. The van der Waals surface area contributed by atoms with Gasteiger partial charge in [-0.05, 0) is 96.1 Å². The monoisotopic (exact) mass is 674 g/mol. The van der Waals surface area contributed by atoms with Gasteiger partial charge in [0.05, 0.1) is 44.7 Å². The number of para-hydroxylation sites is 4. The van der Waals surface area contributed by atoms with Crippen LogP contribution in [0.15, 0.2) is 182 Å². The molecule has 0 aliphatic heterocycles. The lowest BCUT2D eigenvalue weighted by atomic mass is 10.0. The number of benzene rings is 8. The molecule has 4 heteroatoms. The Hall–Kier alpha value is -7.35. The van der Waals surface area contributed by atoms with E-state index in [2.05, 4.69) is 190 Å². The highest BCUT2D eigenvalue weighted by atomic mass is 15.0. The van der Waals surface area contributed by atoms with Crippen molar-refractivity contribution in [2.75, 3.05) is 0 Å². The molecule has 0 spiro atoms. The standard InChI is InChI=1S/C49H30N4/c50-31-32-24-25-47-41(26-32)43-29-42-40-20-6-9-23-46(40)51(35-14-2-1-3-15-35)48(42)30-49(43)53(47)37-17-11-13-34(28-37)33-12-10-16-36(27-33)52-44-21-7-4-18-38(44)39-19-5-8-22-45(39)52/h1-30H. The van der Waals surface area contributed by atoms with Crippen LogP contribution in [0.1, 0.15) is 5.56 Å². The summed E-state index contributed by atoms with van der Waals surface area (Å²) in [7, 11) is 0. The van der Waals surface area contributed by atoms with Gasteiger partial charge in [-0.2, -0.15) is 5.26 Å². The third-order valence-corrected chi connectivity index (χ3v) is 10.8. The molecule has 4 nitrogen and oxygen atoms in total. The second kappa shape index (κ2) is 11.3. The number of fused-ring (bicyclic) bond motifs is 9. The van der Waals surface area contributed by atoms with E-state index in [4.69, 9.17) is 0 Å². The molecule has 8 aromatic carbocycles. The summed E-state index contributed by atoms with van der Waals surface area (Å²) in [6.07, 6.45) is 0. The summed E-state index contributed by atoms with van der Waals surface area (Å²) in [6.45, 7) is 0. The number of hydrogen-bond acceptors (Lipinski definition) is 1. The fraction of sp³-hybridized carbons (Fsp3) is 0. The van der Waals surface area contributed by atoms with Crippen molar-refractivity contribution < 1.29 is 0 Å². The summed E-state index contributed by atoms with van der Waals surface area (Å²) in [5.41, 5.74) is 13.1. The highest BCUT2D eigenvalue weighted by Gasteiger charge is 2.19. The van der Waals surface area contributed by atoms with Gasteiger partial charge in [0.2, 0.25) is 0 Å². The molecule has 0 radical (unpaired) electrons. The molecule has 53 heavy (non-hydrogen) atoms. The smallest absolute Gasteiger partial charge is 0.0991 e. The van der Waals surface area contributed by atoms with Crippen LogP contribution >= 0.6 is 0 Å². The molecule has 0 saturated carbocycles. The van der Waals surface area contributed by atoms with E-state index in [0.717, 1.165) is 55.5 Å². The van der Waals surface area contributed by atoms with E-state index in [9.17, 15) is 5.26 Å². The quantitative estimate of drug-likeness (QED) is 0.183. The van der Waals surface area contributed by atoms with Crippen LogP contribution in [0.25, 0.3) is 93.6 Å². The van der Waals surface area contributed by atoms with E-state index in [0.29, 0.717) is 5.56 Å². The van der Waals surface area contributed by atoms with E-state index in [-0.39, 0.29) is 0 Å². The van der Waals surface area contributed by atoms with Gasteiger partial charge < -0.3 is 13.7 Å². The first-order chi connectivity index (χ1) is 26.2. The van der Waals surface area contributed by atoms with Gasteiger partial charge in [-0.1, -0.05) is 97.1 Å². The second-order valence-corrected chi connectivity index (χ2v) is 13.7. The zero-order valence-electron chi connectivity index (χ0n) is 28.6. The Morgan fingerprint density at radius 1 is 0.302 bits per heavy atom. The third-order valence-electron chi connectivity index (χ3n) is 10.8. The minimum absolute atomic E-state index is 0.652. The predicted molar refractivity (Wildman–Crippen MR) is 220 cm³/mol. The number of nitrogens with zero attached hydrogens (tertiary/aromatic N) is 4. The molecule has 11 aromatic rings. The average molecular weight is 675 g/mol. The molecular formula is C49H30N4. The summed E-state index contributed by atoms with van der Waals surface area (Å²) in [5, 5.41) is 17.0. The molecule has 0 fully saturated rings. The summed E-state index contributed by atoms with van der Waals surface area (Å²) in [5.74, 6) is 0. The van der Waals surface area contributed by atoms with Crippen LogP contribution in [0.4, 0.5) is 0 Å². The van der Waals surface area contributed by atoms with Crippen molar-refractivity contribution in [3.05, 3.63) is 188 Å². The Bertz CT molecular complexity index is 3240. The van der Waals surface area contributed by atoms with Gasteiger partial charge >= 0.3 is 0 Å². The SMILES string of the molecule is N#Cc1ccc2c(c1)c1cc3c4ccccc4n(-c4ccccc4)c3cc1n2-c1cccc(-c2cccc(-n3c4ccccc4c4ccccc43)c2)c1. The molecule has 0 atom stereocenters. The molecule has 3 heterocycles. The fourth-order valence-electron chi connectivity index (χ4n) is 8.53. The van der Waals surface area contributed by atoms with Crippen molar-refractivity contribution in [2.24, 2.45) is 0 Å². The highest BCUT2D eigenvalue weighted by molar-refractivity contribution is 6.19. The molecule has 0 bridgehead atoms. The summed E-state index contributed by atoms with van der Waals surface area (Å²) >= 11 is 0. The van der Waals surface area contributed by atoms with Crippen LogP contribution in [0.3, 0.4) is 0 Å². The van der Waals surface area contributed by atoms with E-state index in [1.54, 1.807) is 0 Å². The normalized spacial score (nSPS) is 11.8. The first-order valence-electron chi connectivity index (χ1n) is 17.9. The topological polar surface area (TPSA) is 38.6 Å². The predicted octanol–water partition coefficient (Wildman–Crippen LogP) is 12.5. The van der Waals surface area contributed by atoms with E-state index >= 15 is 0 Å². The van der Waals surface area contributed by atoms with E-state index in [1.165, 1.54) is 38.1 Å². The highest BCUT2D eigenvalue weighted by Crippen LogP contribution is 2.41. The maximum atomic E-state index is 9.94. The molecular weight excluding hydrogens is 645 g/mol. The Labute approximate surface area is 305 Å². The van der Waals surface area contributed by atoms with Crippen molar-refractivity contribution in [3.8, 4) is 34.3 Å². The molecule has 0 aliphatic rings. The lowest BCUT2D eigenvalue weighted by Gasteiger charge is -2.13. The van der Waals surface area contributed by atoms with Crippen LogP contribution in [0.2, 0.25) is 0 Å². The summed E-state index contributed by atoms with van der Waals surface area (Å²) < 4.78 is 7.09. The molecule has 0 saturated heterocycles. The second-order valence-electron chi connectivity index (χ2n) is 13.7. The Morgan fingerprint density at radius 2 is 0.736 bits per heavy atom. The van der Waals surface area contributed by atoms with Crippen LogP contribution < -0.4 is 0 Å². The Balaban J connectivity index is 1.15. The fourth-order valence-corrected chi connectivity index (χ4v) is 8.53. The molecule has 11 rings (SSSR count). The first kappa shape index (κ1) is 29.4. The van der Waals surface area contributed by atoms with E-state index in [1.807, 2.05) is 12.1 Å². The average Bonchev–Trinajstić information content (AvgIpc) is 3.85. The maximum Gasteiger partial charge on any atom is 0.0991 e. The van der Waals surface area contributed by atoms with Crippen LogP contribution in [-0.4, -0.2) is 13.7 Å². The molecule has 0 N–H and O–H groups in total. The number of nitriles is 1. The van der Waals surface area contributed by atoms with Gasteiger partial charge in [0.25, 0.3) is 0 Å². The molecule has 246 valence electrons. The van der Waals surface area contributed by atoms with Gasteiger partial charge in [0.15, 0.2) is 0 Å². The zero-order chi connectivity index (χ0) is 35.0. The first-order valence-corrected chi connectivity index (χ1v) is 17.9. The Kier molecular flexibility index (Phi) is 6.28. The zero-order valence-corrected chi connectivity index (χ0v) is 28.6. The van der Waals surface area contributed by atoms with Gasteiger partial charge in [-0.15, -0.1) is 0 Å². The Morgan fingerprint density at radius 3 is 1.32 bits per heavy atom. The van der Waals surface area contributed by atoms with Gasteiger partial charge in [-0.3, -0.25) is 0 Å². The van der Waals surface area contributed by atoms with Crippen molar-refractivity contribution >= 4 is 65.4 Å². The molecule has 0 amide bonds. The van der Waals surface area contributed by atoms with Gasteiger partial charge in [-0.25, -0.2) is 0 Å². The lowest BCUT2D eigenvalue weighted by Crippen LogP contribution is -1.97. The largest absolute Gasteiger partial charge is 0.309 e. The van der Waals surface area contributed by atoms with Crippen molar-refractivity contribution in [1.82, 2.24) is 13.7 Å². The molecule has 0 aliphatic carbocycles. The van der Waals surface area contributed by atoms with Crippen LogP contribution in [0.5, 0.6) is 0 Å². The van der Waals surface area contributed by atoms with E-state index < -0.39 is 0 Å². The number of aromatic nitrogens is 3.